The molecule has 0 aliphatic carbocycles. The number of hydrogen-bond acceptors (Lipinski definition) is 10. The molecule has 0 fully saturated rings. The summed E-state index contributed by atoms with van der Waals surface area (Å²) in [6.45, 7) is -2.47. The summed E-state index contributed by atoms with van der Waals surface area (Å²) in [6.07, 6.45) is -7.09. The molecule has 0 amide bonds. The molecule has 2 aromatic rings. The highest BCUT2D eigenvalue weighted by molar-refractivity contribution is 5.68. The Kier molecular flexibility index (Phi) is 6.01. The average molecular weight is 374 g/mol. The van der Waals surface area contributed by atoms with E-state index in [2.05, 4.69) is 9.97 Å². The summed E-state index contributed by atoms with van der Waals surface area (Å²) in [7, 11) is 0. The van der Waals surface area contributed by atoms with Crippen molar-refractivity contribution in [2.24, 2.45) is 0 Å². The van der Waals surface area contributed by atoms with E-state index in [0.717, 1.165) is 0 Å². The van der Waals surface area contributed by atoms with Crippen LogP contribution in [0.15, 0.2) is 14.4 Å². The van der Waals surface area contributed by atoms with Gasteiger partial charge >= 0.3 is 5.69 Å². The van der Waals surface area contributed by atoms with Gasteiger partial charge in [0.1, 0.15) is 35.8 Å². The van der Waals surface area contributed by atoms with Crippen molar-refractivity contribution in [1.82, 2.24) is 19.5 Å². The van der Waals surface area contributed by atoms with Crippen LogP contribution in [-0.4, -0.2) is 81.7 Å². The normalized spacial score (nSPS) is 16.4. The number of H-pyrrole nitrogens is 2. The standard InChI is InChI=1S/C13H18N4O9/c18-2-5(21)7-12(25)17(1-4(20)9(23)6(22)3-19)10-8(14-7)11(24)16-13(26)15-10/h4-6,9,18-23H,1-3H2,(H2,15,16,24,26)/t4-,5-,6+,9-/m1/s1. The fourth-order valence-electron chi connectivity index (χ4n) is 2.31. The minimum Gasteiger partial charge on any atom is -0.394 e. The van der Waals surface area contributed by atoms with Crippen LogP contribution in [0, 0.1) is 0 Å². The number of rotatable bonds is 7. The van der Waals surface area contributed by atoms with Crippen LogP contribution in [0.5, 0.6) is 0 Å². The molecule has 0 aliphatic rings. The SMILES string of the molecule is O=c1[nH]c(=O)c2nc([C@H](O)CO)c(=O)n(C[C@@H](O)[C@@H](O)[C@@H](O)CO)c2[nH]1. The third-order valence-electron chi connectivity index (χ3n) is 3.70. The molecule has 2 heterocycles. The molecule has 0 bridgehead atoms. The van der Waals surface area contributed by atoms with Gasteiger partial charge in [0.25, 0.3) is 11.1 Å². The van der Waals surface area contributed by atoms with Gasteiger partial charge < -0.3 is 30.6 Å². The number of aliphatic hydroxyl groups excluding tert-OH is 6. The molecule has 4 atom stereocenters. The molecule has 13 heteroatoms. The third kappa shape index (κ3) is 3.72. The summed E-state index contributed by atoms with van der Waals surface area (Å²) >= 11 is 0. The molecule has 13 nitrogen and oxygen atoms in total. The van der Waals surface area contributed by atoms with E-state index in [1.807, 2.05) is 4.98 Å². The molecule has 2 aromatic heterocycles. The lowest BCUT2D eigenvalue weighted by Crippen LogP contribution is -2.44. The molecular formula is C13H18N4O9. The molecule has 8 N–H and O–H groups in total. The molecule has 144 valence electrons. The summed E-state index contributed by atoms with van der Waals surface area (Å²) in [6, 6.07) is 0. The summed E-state index contributed by atoms with van der Waals surface area (Å²) in [5.41, 5.74) is -4.50. The lowest BCUT2D eigenvalue weighted by molar-refractivity contribution is -0.0806. The Balaban J connectivity index is 2.69. The second-order valence-corrected chi connectivity index (χ2v) is 5.52. The van der Waals surface area contributed by atoms with Crippen molar-refractivity contribution in [3.63, 3.8) is 0 Å². The summed E-state index contributed by atoms with van der Waals surface area (Å²) in [5.74, 6) is 0. The summed E-state index contributed by atoms with van der Waals surface area (Å²) < 4.78 is 0.658. The summed E-state index contributed by atoms with van der Waals surface area (Å²) in [4.78, 5) is 43.6. The third-order valence-corrected chi connectivity index (χ3v) is 3.70. The van der Waals surface area contributed by atoms with Crippen LogP contribution >= 0.6 is 0 Å². The van der Waals surface area contributed by atoms with Crippen LogP contribution in [0.3, 0.4) is 0 Å². The van der Waals surface area contributed by atoms with Gasteiger partial charge in [-0.3, -0.25) is 24.1 Å². The molecule has 0 spiro atoms. The van der Waals surface area contributed by atoms with E-state index >= 15 is 0 Å². The van der Waals surface area contributed by atoms with Crippen molar-refractivity contribution < 1.29 is 30.6 Å². The van der Waals surface area contributed by atoms with Gasteiger partial charge in [-0.2, -0.15) is 0 Å². The van der Waals surface area contributed by atoms with E-state index in [9.17, 15) is 34.8 Å². The number of hydrogen-bond donors (Lipinski definition) is 8. The number of nitrogens with one attached hydrogen (secondary N) is 2. The van der Waals surface area contributed by atoms with E-state index in [1.54, 1.807) is 0 Å². The molecule has 0 saturated carbocycles. The number of fused-ring (bicyclic) bond motifs is 1. The lowest BCUT2D eigenvalue weighted by Gasteiger charge is -2.23. The van der Waals surface area contributed by atoms with Crippen LogP contribution in [0.2, 0.25) is 0 Å². The van der Waals surface area contributed by atoms with Crippen molar-refractivity contribution in [3.8, 4) is 0 Å². The topological polar surface area (TPSA) is 222 Å². The highest BCUT2D eigenvalue weighted by Crippen LogP contribution is 2.10. The van der Waals surface area contributed by atoms with Crippen molar-refractivity contribution in [2.45, 2.75) is 31.0 Å². The van der Waals surface area contributed by atoms with Crippen molar-refractivity contribution in [2.75, 3.05) is 13.2 Å². The van der Waals surface area contributed by atoms with Crippen LogP contribution < -0.4 is 16.8 Å². The van der Waals surface area contributed by atoms with Crippen molar-refractivity contribution in [3.05, 3.63) is 36.9 Å². The van der Waals surface area contributed by atoms with Gasteiger partial charge in [0, 0.05) is 0 Å². The lowest BCUT2D eigenvalue weighted by atomic mass is 10.1. The largest absolute Gasteiger partial charge is 0.394 e. The van der Waals surface area contributed by atoms with Gasteiger partial charge in [0.05, 0.1) is 19.8 Å². The predicted molar refractivity (Wildman–Crippen MR) is 84.4 cm³/mol. The van der Waals surface area contributed by atoms with Crippen LogP contribution in [0.25, 0.3) is 11.2 Å². The number of aromatic amines is 2. The summed E-state index contributed by atoms with van der Waals surface area (Å²) in [5, 5.41) is 56.7. The zero-order valence-corrected chi connectivity index (χ0v) is 13.2. The monoisotopic (exact) mass is 374 g/mol. The molecular weight excluding hydrogens is 356 g/mol. The first-order valence-corrected chi connectivity index (χ1v) is 7.42. The van der Waals surface area contributed by atoms with E-state index in [4.69, 9.17) is 10.2 Å². The smallest absolute Gasteiger partial charge is 0.327 e. The Labute approximate surface area is 143 Å². The number of aliphatic hydroxyl groups is 6. The van der Waals surface area contributed by atoms with E-state index in [1.165, 1.54) is 0 Å². The van der Waals surface area contributed by atoms with Gasteiger partial charge in [-0.1, -0.05) is 0 Å². The fraction of sp³-hybridized carbons (Fsp3) is 0.538. The van der Waals surface area contributed by atoms with Crippen molar-refractivity contribution >= 4 is 11.2 Å². The maximum Gasteiger partial charge on any atom is 0.327 e. The Morgan fingerprint density at radius 2 is 1.62 bits per heavy atom. The van der Waals surface area contributed by atoms with Crippen LogP contribution in [0.4, 0.5) is 0 Å². The van der Waals surface area contributed by atoms with Gasteiger partial charge in [-0.05, 0) is 0 Å². The molecule has 0 saturated heterocycles. The Morgan fingerprint density at radius 3 is 2.19 bits per heavy atom. The first-order chi connectivity index (χ1) is 12.2. The zero-order chi connectivity index (χ0) is 19.6. The Hall–Kier alpha value is -2.42. The van der Waals surface area contributed by atoms with Gasteiger partial charge in [-0.15, -0.1) is 0 Å². The first-order valence-electron chi connectivity index (χ1n) is 7.42. The zero-order valence-electron chi connectivity index (χ0n) is 13.2. The Morgan fingerprint density at radius 1 is 0.962 bits per heavy atom. The molecule has 0 unspecified atom stereocenters. The fourth-order valence-corrected chi connectivity index (χ4v) is 2.31. The maximum atomic E-state index is 12.5. The molecule has 26 heavy (non-hydrogen) atoms. The van der Waals surface area contributed by atoms with Crippen LogP contribution in [0.1, 0.15) is 11.8 Å². The van der Waals surface area contributed by atoms with Gasteiger partial charge in [0.15, 0.2) is 5.52 Å². The van der Waals surface area contributed by atoms with Gasteiger partial charge in [-0.25, -0.2) is 9.78 Å². The highest BCUT2D eigenvalue weighted by atomic mass is 16.4. The second kappa shape index (κ2) is 7.86. The second-order valence-electron chi connectivity index (χ2n) is 5.52. The Bertz CT molecular complexity index is 949. The van der Waals surface area contributed by atoms with E-state index < -0.39 is 77.8 Å². The molecule has 0 aromatic carbocycles. The number of aromatic nitrogens is 4. The highest BCUT2D eigenvalue weighted by Gasteiger charge is 2.27. The number of nitrogens with zero attached hydrogens (tertiary/aromatic N) is 2. The predicted octanol–water partition coefficient (Wildman–Crippen LogP) is -5.13. The van der Waals surface area contributed by atoms with Crippen molar-refractivity contribution in [1.29, 1.82) is 0 Å². The quantitative estimate of drug-likeness (QED) is 0.230. The minimum absolute atomic E-state index is 0.401. The molecule has 0 aliphatic heterocycles. The average Bonchev–Trinajstić information content (AvgIpc) is 2.61. The van der Waals surface area contributed by atoms with E-state index in [-0.39, 0.29) is 0 Å². The van der Waals surface area contributed by atoms with E-state index in [0.29, 0.717) is 4.57 Å². The van der Waals surface area contributed by atoms with Gasteiger partial charge in [0.2, 0.25) is 0 Å². The first kappa shape index (κ1) is 19.9. The maximum absolute atomic E-state index is 12.5. The van der Waals surface area contributed by atoms with Crippen LogP contribution in [-0.2, 0) is 6.54 Å². The molecule has 0 radical (unpaired) electrons. The minimum atomic E-state index is -1.85. The molecule has 2 rings (SSSR count).